The molecule has 2 aliphatic heterocycles. The summed E-state index contributed by atoms with van der Waals surface area (Å²) in [5.74, 6) is 0. The van der Waals surface area contributed by atoms with Gasteiger partial charge in [0.25, 0.3) is 0 Å². The van der Waals surface area contributed by atoms with Gasteiger partial charge in [0, 0.05) is 0 Å². The fourth-order valence-electron chi connectivity index (χ4n) is 2.54. The molecule has 0 aliphatic carbocycles. The van der Waals surface area contributed by atoms with E-state index in [0.717, 1.165) is 5.56 Å². The van der Waals surface area contributed by atoms with E-state index in [2.05, 4.69) is 0 Å². The zero-order valence-electron chi connectivity index (χ0n) is 10.8. The number of fused-ring (bicyclic) bond motifs is 2. The highest BCUT2D eigenvalue weighted by atomic mass is 16.8. The highest BCUT2D eigenvalue weighted by Crippen LogP contribution is 2.32. The van der Waals surface area contributed by atoms with Gasteiger partial charge in [0.2, 0.25) is 0 Å². The van der Waals surface area contributed by atoms with Crippen molar-refractivity contribution in [2.24, 2.45) is 0 Å². The lowest BCUT2D eigenvalue weighted by molar-refractivity contribution is -0.228. The summed E-state index contributed by atoms with van der Waals surface area (Å²) in [5.41, 5.74) is 1.04. The molecule has 0 amide bonds. The van der Waals surface area contributed by atoms with E-state index in [1.165, 1.54) is 0 Å². The summed E-state index contributed by atoms with van der Waals surface area (Å²) >= 11 is 0. The Balaban J connectivity index is 1.54. The monoisotopic (exact) mass is 282 g/mol. The molecule has 110 valence electrons. The zero-order chi connectivity index (χ0) is 14.1. The van der Waals surface area contributed by atoms with Crippen LogP contribution in [0.3, 0.4) is 0 Å². The highest BCUT2D eigenvalue weighted by Gasteiger charge is 2.53. The van der Waals surface area contributed by atoms with E-state index in [1.807, 2.05) is 30.3 Å². The molecule has 1 aromatic rings. The molecule has 2 fully saturated rings. The van der Waals surface area contributed by atoms with Crippen LogP contribution in [0.2, 0.25) is 0 Å². The largest absolute Gasteiger partial charge is 0.387 e. The Morgan fingerprint density at radius 1 is 0.950 bits per heavy atom. The topological polar surface area (TPSA) is 88.4 Å². The van der Waals surface area contributed by atoms with Crippen molar-refractivity contribution in [1.82, 2.24) is 0 Å². The van der Waals surface area contributed by atoms with E-state index in [-0.39, 0.29) is 6.61 Å². The van der Waals surface area contributed by atoms with Crippen LogP contribution in [0.4, 0.5) is 0 Å². The van der Waals surface area contributed by atoms with Crippen LogP contribution in [0, 0.1) is 0 Å². The van der Waals surface area contributed by atoms with Crippen LogP contribution in [0.1, 0.15) is 5.56 Å². The second kappa shape index (κ2) is 5.77. The van der Waals surface area contributed by atoms with Crippen LogP contribution >= 0.6 is 0 Å². The Labute approximate surface area is 116 Å². The molecule has 0 saturated carbocycles. The summed E-state index contributed by atoms with van der Waals surface area (Å²) in [6.07, 6.45) is -5.73. The van der Waals surface area contributed by atoms with Crippen molar-refractivity contribution >= 4 is 0 Å². The number of aliphatic hydroxyl groups is 3. The molecule has 6 atom stereocenters. The van der Waals surface area contributed by atoms with E-state index < -0.39 is 36.8 Å². The molecule has 2 bridgehead atoms. The summed E-state index contributed by atoms with van der Waals surface area (Å²) in [4.78, 5) is 0. The number of benzene rings is 1. The van der Waals surface area contributed by atoms with E-state index >= 15 is 0 Å². The quantitative estimate of drug-likeness (QED) is 0.684. The van der Waals surface area contributed by atoms with Crippen LogP contribution in [0.25, 0.3) is 0 Å². The minimum atomic E-state index is -1.25. The maximum atomic E-state index is 9.85. The van der Waals surface area contributed by atoms with Crippen molar-refractivity contribution in [3.05, 3.63) is 35.9 Å². The van der Waals surface area contributed by atoms with Crippen molar-refractivity contribution < 1.29 is 29.5 Å². The number of rotatable bonds is 4. The second-order valence-electron chi connectivity index (χ2n) is 5.12. The first-order valence-electron chi connectivity index (χ1n) is 6.63. The molecule has 2 aliphatic rings. The normalized spacial score (nSPS) is 40.0. The van der Waals surface area contributed by atoms with Crippen molar-refractivity contribution in [3.8, 4) is 0 Å². The molecule has 6 heteroatoms. The van der Waals surface area contributed by atoms with Gasteiger partial charge < -0.3 is 29.5 Å². The Morgan fingerprint density at radius 2 is 1.70 bits per heavy atom. The molecule has 6 nitrogen and oxygen atoms in total. The number of aliphatic hydroxyl groups excluding tert-OH is 3. The van der Waals surface area contributed by atoms with Crippen LogP contribution in [0.5, 0.6) is 0 Å². The first-order valence-corrected chi connectivity index (χ1v) is 6.63. The average Bonchev–Trinajstić information content (AvgIpc) is 2.86. The predicted molar refractivity (Wildman–Crippen MR) is 67.7 cm³/mol. The van der Waals surface area contributed by atoms with Gasteiger partial charge in [0.15, 0.2) is 6.29 Å². The fraction of sp³-hybridized carbons (Fsp3) is 0.571. The lowest BCUT2D eigenvalue weighted by Crippen LogP contribution is -2.54. The van der Waals surface area contributed by atoms with E-state index in [4.69, 9.17) is 14.2 Å². The molecule has 0 aromatic heterocycles. The van der Waals surface area contributed by atoms with Crippen LogP contribution in [-0.2, 0) is 20.8 Å². The molecule has 20 heavy (non-hydrogen) atoms. The SMILES string of the molecule is O[C@H]1[C@@H](O)[C@@H]2O[C@@H](O[C@H]2COCc2ccccc2)[C@@H]1O. The lowest BCUT2D eigenvalue weighted by Gasteiger charge is -2.32. The summed E-state index contributed by atoms with van der Waals surface area (Å²) in [7, 11) is 0. The first kappa shape index (κ1) is 13.9. The number of ether oxygens (including phenoxy) is 3. The van der Waals surface area contributed by atoms with Crippen LogP contribution in [0.15, 0.2) is 30.3 Å². The smallest absolute Gasteiger partial charge is 0.187 e. The molecule has 2 saturated heterocycles. The maximum absolute atomic E-state index is 9.85. The van der Waals surface area contributed by atoms with E-state index in [0.29, 0.717) is 6.61 Å². The third-order valence-electron chi connectivity index (χ3n) is 3.68. The van der Waals surface area contributed by atoms with Gasteiger partial charge in [0.05, 0.1) is 13.2 Å². The first-order chi connectivity index (χ1) is 9.66. The third kappa shape index (κ3) is 2.58. The number of hydrogen-bond donors (Lipinski definition) is 3. The molecule has 0 unspecified atom stereocenters. The van der Waals surface area contributed by atoms with Gasteiger partial charge in [-0.3, -0.25) is 0 Å². The minimum Gasteiger partial charge on any atom is -0.387 e. The van der Waals surface area contributed by atoms with Gasteiger partial charge in [-0.1, -0.05) is 30.3 Å². The molecule has 0 spiro atoms. The zero-order valence-corrected chi connectivity index (χ0v) is 10.8. The van der Waals surface area contributed by atoms with Crippen molar-refractivity contribution in [1.29, 1.82) is 0 Å². The molecule has 0 radical (unpaired) electrons. The van der Waals surface area contributed by atoms with Gasteiger partial charge in [-0.25, -0.2) is 0 Å². The van der Waals surface area contributed by atoms with E-state index in [1.54, 1.807) is 0 Å². The summed E-state index contributed by atoms with van der Waals surface area (Å²) in [6.45, 7) is 0.659. The molecule has 3 rings (SSSR count). The molecular formula is C14H18O6. The van der Waals surface area contributed by atoms with Gasteiger partial charge in [-0.05, 0) is 5.56 Å². The van der Waals surface area contributed by atoms with Crippen molar-refractivity contribution in [2.45, 2.75) is 43.4 Å². The predicted octanol–water partition coefficient (Wildman–Crippen LogP) is -0.590. The summed E-state index contributed by atoms with van der Waals surface area (Å²) in [5, 5.41) is 29.2. The van der Waals surface area contributed by atoms with Crippen LogP contribution < -0.4 is 0 Å². The molecular weight excluding hydrogens is 264 g/mol. The lowest BCUT2D eigenvalue weighted by atomic mass is 9.98. The fourth-order valence-corrected chi connectivity index (χ4v) is 2.54. The summed E-state index contributed by atoms with van der Waals surface area (Å²) < 4.78 is 16.4. The molecule has 3 N–H and O–H groups in total. The second-order valence-corrected chi connectivity index (χ2v) is 5.12. The van der Waals surface area contributed by atoms with Crippen molar-refractivity contribution in [2.75, 3.05) is 6.61 Å². The van der Waals surface area contributed by atoms with Gasteiger partial charge >= 0.3 is 0 Å². The van der Waals surface area contributed by atoms with Gasteiger partial charge in [-0.2, -0.15) is 0 Å². The van der Waals surface area contributed by atoms with Gasteiger partial charge in [-0.15, -0.1) is 0 Å². The Morgan fingerprint density at radius 3 is 2.45 bits per heavy atom. The molecule has 1 aromatic carbocycles. The van der Waals surface area contributed by atoms with E-state index in [9.17, 15) is 15.3 Å². The average molecular weight is 282 g/mol. The summed E-state index contributed by atoms with van der Waals surface area (Å²) in [6, 6.07) is 9.69. The number of hydrogen-bond acceptors (Lipinski definition) is 6. The standard InChI is InChI=1S/C14H18O6/c15-10-11(16)13-9(19-14(20-13)12(10)17)7-18-6-8-4-2-1-3-5-8/h1-5,9-17H,6-7H2/t9-,10-,11+,12+,13+,14+/m0/s1. The highest BCUT2D eigenvalue weighted by molar-refractivity contribution is 5.13. The Hall–Kier alpha value is -1.02. The van der Waals surface area contributed by atoms with Gasteiger partial charge in [0.1, 0.15) is 30.5 Å². The Bertz CT molecular complexity index is 437. The van der Waals surface area contributed by atoms with Crippen LogP contribution in [-0.4, -0.2) is 58.7 Å². The minimum absolute atomic E-state index is 0.229. The van der Waals surface area contributed by atoms with Crippen molar-refractivity contribution in [3.63, 3.8) is 0 Å². The molecule has 2 heterocycles. The maximum Gasteiger partial charge on any atom is 0.187 e. The third-order valence-corrected chi connectivity index (χ3v) is 3.68. The Kier molecular flexibility index (Phi) is 4.02.